The highest BCUT2D eigenvalue weighted by molar-refractivity contribution is 6.06. The molecule has 7 rings (SSSR count). The van der Waals surface area contributed by atoms with Gasteiger partial charge < -0.3 is 25.4 Å². The Morgan fingerprint density at radius 1 is 1.16 bits per heavy atom. The summed E-state index contributed by atoms with van der Waals surface area (Å²) >= 11 is 0. The summed E-state index contributed by atoms with van der Waals surface area (Å²) in [5, 5.41) is 10.5. The number of anilines is 3. The molecule has 4 aromatic rings. The second kappa shape index (κ2) is 8.45. The van der Waals surface area contributed by atoms with E-state index in [2.05, 4.69) is 20.9 Å². The molecule has 1 fully saturated rings. The number of rotatable bonds is 3. The Labute approximate surface area is 217 Å². The lowest BCUT2D eigenvalue weighted by Crippen LogP contribution is -2.50. The van der Waals surface area contributed by atoms with E-state index in [1.807, 2.05) is 47.0 Å². The highest BCUT2D eigenvalue weighted by Crippen LogP contribution is 2.38. The average molecular weight is 517 g/mol. The SMILES string of the molecule is Cn1ccc2c(-c3ncc(Nc4ccc5c(n4)CNCC4CC(F)(F)CCN54)c4c3CNC4=O)ccnc21. The van der Waals surface area contributed by atoms with E-state index in [-0.39, 0.29) is 24.8 Å². The summed E-state index contributed by atoms with van der Waals surface area (Å²) in [4.78, 5) is 29.0. The second-order valence-electron chi connectivity index (χ2n) is 10.2. The van der Waals surface area contributed by atoms with Crippen molar-refractivity contribution >= 4 is 34.1 Å². The van der Waals surface area contributed by atoms with Crippen LogP contribution in [0.2, 0.25) is 0 Å². The molecular formula is C27H26F2N8O. The maximum atomic E-state index is 14.0. The van der Waals surface area contributed by atoms with Crippen molar-refractivity contribution in [2.24, 2.45) is 7.05 Å². The van der Waals surface area contributed by atoms with Crippen molar-refractivity contribution < 1.29 is 13.6 Å². The van der Waals surface area contributed by atoms with E-state index in [4.69, 9.17) is 9.97 Å². The fraction of sp³-hybridized carbons (Fsp3) is 0.333. The van der Waals surface area contributed by atoms with Gasteiger partial charge in [-0.1, -0.05) is 0 Å². The number of carbonyl (C=O) groups excluding carboxylic acids is 1. The Morgan fingerprint density at radius 3 is 2.95 bits per heavy atom. The smallest absolute Gasteiger partial charge is 0.254 e. The van der Waals surface area contributed by atoms with Gasteiger partial charge in [0.1, 0.15) is 11.5 Å². The largest absolute Gasteiger partial charge is 0.365 e. The van der Waals surface area contributed by atoms with Crippen LogP contribution in [0.25, 0.3) is 22.3 Å². The summed E-state index contributed by atoms with van der Waals surface area (Å²) in [7, 11) is 1.94. The molecule has 0 aliphatic carbocycles. The number of pyridine rings is 3. The van der Waals surface area contributed by atoms with Crippen LogP contribution in [0.1, 0.15) is 34.5 Å². The van der Waals surface area contributed by atoms with Crippen LogP contribution in [0.4, 0.5) is 26.0 Å². The number of nitrogens with zero attached hydrogens (tertiary/aromatic N) is 5. The van der Waals surface area contributed by atoms with Crippen molar-refractivity contribution in [3.05, 3.63) is 59.7 Å². The van der Waals surface area contributed by atoms with Crippen molar-refractivity contribution in [1.82, 2.24) is 30.2 Å². The fourth-order valence-corrected chi connectivity index (χ4v) is 5.91. The molecule has 194 valence electrons. The van der Waals surface area contributed by atoms with E-state index in [0.29, 0.717) is 43.2 Å². The molecule has 7 heterocycles. The molecule has 1 saturated heterocycles. The van der Waals surface area contributed by atoms with Crippen LogP contribution in [0.5, 0.6) is 0 Å². The Bertz CT molecular complexity index is 1600. The van der Waals surface area contributed by atoms with E-state index in [9.17, 15) is 13.6 Å². The Morgan fingerprint density at radius 2 is 2.05 bits per heavy atom. The summed E-state index contributed by atoms with van der Waals surface area (Å²) in [6.45, 7) is 1.64. The lowest BCUT2D eigenvalue weighted by atomic mass is 9.98. The topological polar surface area (TPSA) is 100 Å². The normalized spacial score (nSPS) is 19.9. The molecule has 38 heavy (non-hydrogen) atoms. The van der Waals surface area contributed by atoms with E-state index in [1.165, 1.54) is 0 Å². The molecule has 3 N–H and O–H groups in total. The van der Waals surface area contributed by atoms with Crippen LogP contribution in [-0.2, 0) is 20.1 Å². The molecule has 0 aromatic carbocycles. The lowest BCUT2D eigenvalue weighted by Gasteiger charge is -2.40. The van der Waals surface area contributed by atoms with Crippen molar-refractivity contribution in [1.29, 1.82) is 0 Å². The molecule has 1 atom stereocenters. The zero-order valence-corrected chi connectivity index (χ0v) is 20.8. The predicted molar refractivity (Wildman–Crippen MR) is 140 cm³/mol. The zero-order valence-electron chi connectivity index (χ0n) is 20.8. The highest BCUT2D eigenvalue weighted by Gasteiger charge is 2.41. The first-order valence-electron chi connectivity index (χ1n) is 12.7. The predicted octanol–water partition coefficient (Wildman–Crippen LogP) is 3.72. The minimum Gasteiger partial charge on any atom is -0.365 e. The number of alkyl halides is 2. The minimum atomic E-state index is -2.63. The van der Waals surface area contributed by atoms with Crippen molar-refractivity contribution in [2.45, 2.75) is 37.9 Å². The number of amides is 1. The molecule has 9 nitrogen and oxygen atoms in total. The molecule has 0 radical (unpaired) electrons. The van der Waals surface area contributed by atoms with Crippen LogP contribution >= 0.6 is 0 Å². The number of aromatic nitrogens is 4. The van der Waals surface area contributed by atoms with Crippen LogP contribution in [0, 0.1) is 0 Å². The van der Waals surface area contributed by atoms with Gasteiger partial charge >= 0.3 is 0 Å². The van der Waals surface area contributed by atoms with Gasteiger partial charge in [-0.3, -0.25) is 9.78 Å². The first-order valence-corrected chi connectivity index (χ1v) is 12.7. The number of nitrogens with one attached hydrogen (secondary N) is 3. The molecule has 3 aliphatic heterocycles. The molecule has 0 spiro atoms. The van der Waals surface area contributed by atoms with Gasteiger partial charge in [-0.05, 0) is 24.3 Å². The van der Waals surface area contributed by atoms with Crippen molar-refractivity contribution in [3.63, 3.8) is 0 Å². The molecule has 3 aliphatic rings. The number of hydrogen-bond donors (Lipinski definition) is 3. The molecule has 4 aromatic heterocycles. The first kappa shape index (κ1) is 23.0. The molecule has 1 amide bonds. The molecule has 1 unspecified atom stereocenters. The maximum absolute atomic E-state index is 14.0. The molecular weight excluding hydrogens is 490 g/mol. The fourth-order valence-electron chi connectivity index (χ4n) is 5.91. The number of piperidine rings is 1. The van der Waals surface area contributed by atoms with E-state index in [1.54, 1.807) is 12.4 Å². The first-order chi connectivity index (χ1) is 18.4. The van der Waals surface area contributed by atoms with Crippen LogP contribution in [0.3, 0.4) is 0 Å². The van der Waals surface area contributed by atoms with Crippen molar-refractivity contribution in [2.75, 3.05) is 23.3 Å². The Balaban J connectivity index is 1.24. The summed E-state index contributed by atoms with van der Waals surface area (Å²) in [6.07, 6.45) is 5.06. The lowest BCUT2D eigenvalue weighted by molar-refractivity contribution is -0.0333. The van der Waals surface area contributed by atoms with Crippen molar-refractivity contribution in [3.8, 4) is 11.3 Å². The quantitative estimate of drug-likeness (QED) is 0.382. The number of halogens is 2. The summed E-state index contributed by atoms with van der Waals surface area (Å²) in [6, 6.07) is 7.42. The van der Waals surface area contributed by atoms with Crippen LogP contribution in [0.15, 0.2) is 42.9 Å². The number of hydrogen-bond acceptors (Lipinski definition) is 7. The van der Waals surface area contributed by atoms with Gasteiger partial charge in [0.2, 0.25) is 0 Å². The van der Waals surface area contributed by atoms with Gasteiger partial charge in [-0.25, -0.2) is 18.7 Å². The third kappa shape index (κ3) is 3.68. The van der Waals surface area contributed by atoms with Gasteiger partial charge in [-0.2, -0.15) is 0 Å². The monoisotopic (exact) mass is 516 g/mol. The Kier molecular flexibility index (Phi) is 5.12. The molecule has 0 saturated carbocycles. The standard InChI is InChI=1S/C27H26F2N8O/c1-36-8-5-17-16(4-7-31-25(17)36)24-18-12-33-26(38)23(18)20(14-32-24)35-22-3-2-21-19(34-22)13-30-11-15-10-27(28,29)6-9-37(15)21/h2-5,7-8,14-15,30H,6,9-13H2,1H3,(H,33,38)(H,34,35). The third-order valence-electron chi connectivity index (χ3n) is 7.74. The minimum absolute atomic E-state index is 0.158. The van der Waals surface area contributed by atoms with E-state index < -0.39 is 5.92 Å². The zero-order chi connectivity index (χ0) is 26.0. The highest BCUT2D eigenvalue weighted by atomic mass is 19.3. The average Bonchev–Trinajstić information content (AvgIpc) is 3.42. The van der Waals surface area contributed by atoms with Crippen LogP contribution in [-0.4, -0.2) is 50.5 Å². The van der Waals surface area contributed by atoms with Gasteiger partial charge in [-0.15, -0.1) is 0 Å². The van der Waals surface area contributed by atoms with Gasteiger partial charge in [0.15, 0.2) is 0 Å². The number of fused-ring (bicyclic) bond motifs is 5. The Hall–Kier alpha value is -4.12. The van der Waals surface area contributed by atoms with Gasteiger partial charge in [0.25, 0.3) is 11.8 Å². The van der Waals surface area contributed by atoms with E-state index >= 15 is 0 Å². The maximum Gasteiger partial charge on any atom is 0.254 e. The third-order valence-corrected chi connectivity index (χ3v) is 7.74. The van der Waals surface area contributed by atoms with Crippen LogP contribution < -0.4 is 20.9 Å². The summed E-state index contributed by atoms with van der Waals surface area (Å²) < 4.78 is 30.0. The molecule has 11 heteroatoms. The van der Waals surface area contributed by atoms with E-state index in [0.717, 1.165) is 39.2 Å². The van der Waals surface area contributed by atoms with Gasteiger partial charge in [0, 0.05) is 81.0 Å². The second-order valence-corrected chi connectivity index (χ2v) is 10.2. The summed E-state index contributed by atoms with van der Waals surface area (Å²) in [5.74, 6) is -2.24. The van der Waals surface area contributed by atoms with Gasteiger partial charge in [0.05, 0.1) is 34.5 Å². The molecule has 0 bridgehead atoms. The number of carbonyl (C=O) groups is 1. The summed E-state index contributed by atoms with van der Waals surface area (Å²) in [5.41, 5.74) is 6.12. The number of aryl methyl sites for hydroxylation is 1.